The first-order valence-corrected chi connectivity index (χ1v) is 8.94. The summed E-state index contributed by atoms with van der Waals surface area (Å²) in [6.45, 7) is 1.82. The van der Waals surface area contributed by atoms with E-state index in [4.69, 9.17) is 17.3 Å². The molecule has 0 aliphatic heterocycles. The molecule has 0 saturated heterocycles. The van der Waals surface area contributed by atoms with Crippen LogP contribution in [0.15, 0.2) is 64.5 Å². The Morgan fingerprint density at radius 2 is 1.83 bits per heavy atom. The van der Waals surface area contributed by atoms with Gasteiger partial charge in [0.25, 0.3) is 0 Å². The molecule has 0 atom stereocenters. The van der Waals surface area contributed by atoms with Crippen LogP contribution in [-0.2, 0) is 9.84 Å². The topological polar surface area (TPSA) is 85.9 Å². The van der Waals surface area contributed by atoms with Crippen molar-refractivity contribution in [3.8, 4) is 11.4 Å². The predicted molar refractivity (Wildman–Crippen MR) is 93.5 cm³/mol. The fraction of sp³-hybridized carbons (Fsp3) is 0.0588. The van der Waals surface area contributed by atoms with Crippen molar-refractivity contribution in [2.45, 2.75) is 16.7 Å². The van der Waals surface area contributed by atoms with Crippen LogP contribution in [0.5, 0.6) is 0 Å². The lowest BCUT2D eigenvalue weighted by Crippen LogP contribution is -2.09. The van der Waals surface area contributed by atoms with Gasteiger partial charge < -0.3 is 5.73 Å². The standard InChI is InChI=1S/C17H14ClN3O2S/c1-11-4-2-7-14(8-11)24(22,23)15-10-20-17(21-16(15)19)12-5-3-6-13(18)9-12/h2-10H,1H3,(H2,19,20,21). The SMILES string of the molecule is Cc1cccc(S(=O)(=O)c2cnc(-c3cccc(Cl)c3)nc2N)c1. The maximum Gasteiger partial charge on any atom is 0.211 e. The Balaban J connectivity index is 2.07. The van der Waals surface area contributed by atoms with Crippen LogP contribution in [0.3, 0.4) is 0 Å². The molecule has 1 heterocycles. The molecule has 0 aliphatic rings. The second-order valence-corrected chi connectivity index (χ2v) is 7.63. The average Bonchev–Trinajstić information content (AvgIpc) is 2.54. The van der Waals surface area contributed by atoms with Gasteiger partial charge in [0.2, 0.25) is 9.84 Å². The van der Waals surface area contributed by atoms with E-state index in [2.05, 4.69) is 9.97 Å². The van der Waals surface area contributed by atoms with E-state index in [-0.39, 0.29) is 15.6 Å². The quantitative estimate of drug-likeness (QED) is 0.773. The summed E-state index contributed by atoms with van der Waals surface area (Å²) in [4.78, 5) is 8.31. The zero-order valence-corrected chi connectivity index (χ0v) is 14.3. The lowest BCUT2D eigenvalue weighted by molar-refractivity contribution is 0.595. The number of hydrogen-bond donors (Lipinski definition) is 1. The number of nitrogen functional groups attached to an aromatic ring is 1. The molecule has 0 radical (unpaired) electrons. The Morgan fingerprint density at radius 3 is 2.50 bits per heavy atom. The second kappa shape index (κ2) is 6.22. The molecule has 0 unspecified atom stereocenters. The Hall–Kier alpha value is -2.44. The maximum atomic E-state index is 12.7. The summed E-state index contributed by atoms with van der Waals surface area (Å²) in [6, 6.07) is 13.5. The van der Waals surface area contributed by atoms with Gasteiger partial charge >= 0.3 is 0 Å². The smallest absolute Gasteiger partial charge is 0.211 e. The van der Waals surface area contributed by atoms with Crippen LogP contribution in [0.25, 0.3) is 11.4 Å². The van der Waals surface area contributed by atoms with E-state index in [1.165, 1.54) is 12.3 Å². The molecule has 5 nitrogen and oxygen atoms in total. The van der Waals surface area contributed by atoms with Gasteiger partial charge in [-0.1, -0.05) is 35.9 Å². The van der Waals surface area contributed by atoms with Gasteiger partial charge in [0.05, 0.1) is 11.1 Å². The summed E-state index contributed by atoms with van der Waals surface area (Å²) < 4.78 is 25.5. The van der Waals surface area contributed by atoms with E-state index < -0.39 is 9.84 Å². The summed E-state index contributed by atoms with van der Waals surface area (Å²) in [5, 5.41) is 0.533. The molecule has 0 aliphatic carbocycles. The second-order valence-electron chi connectivity index (χ2n) is 5.27. The largest absolute Gasteiger partial charge is 0.382 e. The normalized spacial score (nSPS) is 11.4. The van der Waals surface area contributed by atoms with E-state index in [0.29, 0.717) is 16.4 Å². The summed E-state index contributed by atoms with van der Waals surface area (Å²) in [5.41, 5.74) is 7.39. The Bertz CT molecular complexity index is 1020. The van der Waals surface area contributed by atoms with Crippen molar-refractivity contribution < 1.29 is 8.42 Å². The van der Waals surface area contributed by atoms with E-state index in [1.54, 1.807) is 36.4 Å². The van der Waals surface area contributed by atoms with Gasteiger partial charge in [-0.2, -0.15) is 0 Å². The zero-order valence-electron chi connectivity index (χ0n) is 12.8. The number of rotatable bonds is 3. The number of benzene rings is 2. The molecule has 2 N–H and O–H groups in total. The van der Waals surface area contributed by atoms with Gasteiger partial charge in [-0.05, 0) is 36.8 Å². The lowest BCUT2D eigenvalue weighted by atomic mass is 10.2. The minimum Gasteiger partial charge on any atom is -0.382 e. The summed E-state index contributed by atoms with van der Waals surface area (Å²) >= 11 is 5.95. The number of halogens is 1. The monoisotopic (exact) mass is 359 g/mol. The van der Waals surface area contributed by atoms with E-state index in [0.717, 1.165) is 5.56 Å². The minimum atomic E-state index is -3.78. The van der Waals surface area contributed by atoms with Crippen molar-refractivity contribution in [1.29, 1.82) is 0 Å². The molecule has 3 rings (SSSR count). The molecule has 0 amide bonds. The Labute approximate surface area is 145 Å². The predicted octanol–water partition coefficient (Wildman–Crippen LogP) is 3.52. The van der Waals surface area contributed by atoms with Crippen molar-refractivity contribution >= 4 is 27.3 Å². The molecule has 2 aromatic carbocycles. The summed E-state index contributed by atoms with van der Waals surface area (Å²) in [7, 11) is -3.78. The molecule has 122 valence electrons. The molecule has 0 saturated carbocycles. The van der Waals surface area contributed by atoms with Crippen molar-refractivity contribution in [3.05, 3.63) is 65.3 Å². The first-order chi connectivity index (χ1) is 11.4. The first-order valence-electron chi connectivity index (χ1n) is 7.08. The van der Waals surface area contributed by atoms with Gasteiger partial charge in [-0.25, -0.2) is 18.4 Å². The van der Waals surface area contributed by atoms with Crippen LogP contribution in [-0.4, -0.2) is 18.4 Å². The molecule has 1 aromatic heterocycles. The van der Waals surface area contributed by atoms with Gasteiger partial charge in [-0.3, -0.25) is 0 Å². The maximum absolute atomic E-state index is 12.7. The molecule has 3 aromatic rings. The van der Waals surface area contributed by atoms with E-state index in [9.17, 15) is 8.42 Å². The molecular formula is C17H14ClN3O2S. The van der Waals surface area contributed by atoms with Crippen molar-refractivity contribution in [3.63, 3.8) is 0 Å². The number of hydrogen-bond acceptors (Lipinski definition) is 5. The van der Waals surface area contributed by atoms with Gasteiger partial charge in [0.1, 0.15) is 10.7 Å². The number of nitrogens with zero attached hydrogens (tertiary/aromatic N) is 2. The molecule has 7 heteroatoms. The number of nitrogens with two attached hydrogens (primary N) is 1. The van der Waals surface area contributed by atoms with Crippen LogP contribution in [0.4, 0.5) is 5.82 Å². The summed E-state index contributed by atoms with van der Waals surface area (Å²) in [5.74, 6) is 0.222. The number of sulfone groups is 1. The third-order valence-electron chi connectivity index (χ3n) is 3.46. The fourth-order valence-corrected chi connectivity index (χ4v) is 3.82. The highest BCUT2D eigenvalue weighted by atomic mass is 35.5. The van der Waals surface area contributed by atoms with Gasteiger partial charge in [0.15, 0.2) is 5.82 Å². The van der Waals surface area contributed by atoms with E-state index >= 15 is 0 Å². The highest BCUT2D eigenvalue weighted by Crippen LogP contribution is 2.27. The average molecular weight is 360 g/mol. The van der Waals surface area contributed by atoms with Crippen LogP contribution < -0.4 is 5.73 Å². The van der Waals surface area contributed by atoms with Crippen LogP contribution >= 0.6 is 11.6 Å². The molecule has 0 bridgehead atoms. The third kappa shape index (κ3) is 3.11. The molecular weight excluding hydrogens is 346 g/mol. The molecule has 0 fully saturated rings. The van der Waals surface area contributed by atoms with Crippen LogP contribution in [0.2, 0.25) is 5.02 Å². The fourth-order valence-electron chi connectivity index (χ4n) is 2.27. The molecule has 24 heavy (non-hydrogen) atoms. The van der Waals surface area contributed by atoms with E-state index in [1.807, 2.05) is 13.0 Å². The summed E-state index contributed by atoms with van der Waals surface area (Å²) in [6.07, 6.45) is 1.23. The van der Waals surface area contributed by atoms with Gasteiger partial charge in [-0.15, -0.1) is 0 Å². The highest BCUT2D eigenvalue weighted by Gasteiger charge is 2.22. The Kier molecular flexibility index (Phi) is 4.26. The highest BCUT2D eigenvalue weighted by molar-refractivity contribution is 7.91. The first kappa shape index (κ1) is 16.4. The number of anilines is 1. The van der Waals surface area contributed by atoms with Crippen LogP contribution in [0.1, 0.15) is 5.56 Å². The minimum absolute atomic E-state index is 0.0959. The molecule has 0 spiro atoms. The van der Waals surface area contributed by atoms with Crippen LogP contribution in [0, 0.1) is 6.92 Å². The van der Waals surface area contributed by atoms with Crippen molar-refractivity contribution in [2.75, 3.05) is 5.73 Å². The lowest BCUT2D eigenvalue weighted by Gasteiger charge is -2.09. The zero-order chi connectivity index (χ0) is 17.3. The number of aromatic nitrogens is 2. The Morgan fingerprint density at radius 1 is 1.08 bits per heavy atom. The third-order valence-corrected chi connectivity index (χ3v) is 5.46. The van der Waals surface area contributed by atoms with Crippen molar-refractivity contribution in [2.24, 2.45) is 0 Å². The number of aryl methyl sites for hydroxylation is 1. The van der Waals surface area contributed by atoms with Crippen molar-refractivity contribution in [1.82, 2.24) is 9.97 Å². The van der Waals surface area contributed by atoms with Gasteiger partial charge in [0, 0.05) is 10.6 Å².